The molecule has 5 nitrogen and oxygen atoms in total. The molecule has 144 valence electrons. The molecule has 2 N–H and O–H groups in total. The number of hydrogen-bond acceptors (Lipinski definition) is 5. The normalized spacial score (nSPS) is 15.9. The number of rotatable bonds is 5. The van der Waals surface area contributed by atoms with Gasteiger partial charge in [-0.25, -0.2) is 9.97 Å². The molecule has 2 heterocycles. The van der Waals surface area contributed by atoms with Crippen LogP contribution in [-0.4, -0.2) is 31.6 Å². The lowest BCUT2D eigenvalue weighted by Crippen LogP contribution is -2.16. The predicted octanol–water partition coefficient (Wildman–Crippen LogP) is 4.13. The zero-order chi connectivity index (χ0) is 19.5. The van der Waals surface area contributed by atoms with Crippen molar-refractivity contribution in [1.82, 2.24) is 9.97 Å². The Morgan fingerprint density at radius 2 is 1.96 bits per heavy atom. The van der Waals surface area contributed by atoms with Crippen molar-refractivity contribution >= 4 is 33.9 Å². The van der Waals surface area contributed by atoms with Gasteiger partial charge in [-0.1, -0.05) is 35.9 Å². The van der Waals surface area contributed by atoms with Gasteiger partial charge >= 0.3 is 0 Å². The molecule has 7 heteroatoms. The average molecular weight is 414 g/mol. The molecule has 1 aliphatic rings. The first-order valence-electron chi connectivity index (χ1n) is 9.16. The standard InChI is InChI=1S/C21H20ClN3O2S/c22-16-4-1-3-15(13-16)20-24-18-5-2-12-28(27)19(18)21(25-20)23-17-8-6-14(7-9-17)10-11-26/h1,3-4,6-9,13,26H,2,5,10-12H2,(H,23,24,25). The summed E-state index contributed by atoms with van der Waals surface area (Å²) in [6.07, 6.45) is 2.24. The van der Waals surface area contributed by atoms with Crippen molar-refractivity contribution < 1.29 is 9.32 Å². The largest absolute Gasteiger partial charge is 0.396 e. The van der Waals surface area contributed by atoms with E-state index in [9.17, 15) is 4.21 Å². The summed E-state index contributed by atoms with van der Waals surface area (Å²) in [4.78, 5) is 10.1. The Morgan fingerprint density at radius 1 is 1.14 bits per heavy atom. The van der Waals surface area contributed by atoms with Crippen LogP contribution < -0.4 is 5.32 Å². The maximum Gasteiger partial charge on any atom is 0.161 e. The van der Waals surface area contributed by atoms with Crippen LogP contribution in [0.2, 0.25) is 5.02 Å². The predicted molar refractivity (Wildman–Crippen MR) is 113 cm³/mol. The summed E-state index contributed by atoms with van der Waals surface area (Å²) in [5.74, 6) is 1.77. The number of benzene rings is 2. The van der Waals surface area contributed by atoms with Crippen molar-refractivity contribution in [3.63, 3.8) is 0 Å². The first-order valence-corrected chi connectivity index (χ1v) is 10.9. The van der Waals surface area contributed by atoms with Gasteiger partial charge in [0, 0.05) is 28.6 Å². The van der Waals surface area contributed by atoms with E-state index in [4.69, 9.17) is 16.7 Å². The molecule has 28 heavy (non-hydrogen) atoms. The number of nitrogens with zero attached hydrogens (tertiary/aromatic N) is 2. The van der Waals surface area contributed by atoms with Crippen molar-refractivity contribution in [3.8, 4) is 11.4 Å². The van der Waals surface area contributed by atoms with Crippen LogP contribution in [-0.2, 0) is 23.6 Å². The summed E-state index contributed by atoms with van der Waals surface area (Å²) in [5, 5.41) is 13.0. The highest BCUT2D eigenvalue weighted by molar-refractivity contribution is 7.85. The van der Waals surface area contributed by atoms with Crippen LogP contribution in [0, 0.1) is 0 Å². The van der Waals surface area contributed by atoms with E-state index in [-0.39, 0.29) is 6.61 Å². The number of hydrogen-bond donors (Lipinski definition) is 2. The minimum Gasteiger partial charge on any atom is -0.396 e. The summed E-state index contributed by atoms with van der Waals surface area (Å²) in [5.41, 5.74) is 3.56. The van der Waals surface area contributed by atoms with Gasteiger partial charge in [0.1, 0.15) is 4.90 Å². The summed E-state index contributed by atoms with van der Waals surface area (Å²) < 4.78 is 12.7. The lowest BCUT2D eigenvalue weighted by molar-refractivity contribution is 0.299. The van der Waals surface area contributed by atoms with E-state index in [1.165, 1.54) is 0 Å². The molecule has 0 aliphatic carbocycles. The molecule has 0 saturated heterocycles. The minimum absolute atomic E-state index is 0.119. The lowest BCUT2D eigenvalue weighted by Gasteiger charge is -2.19. The molecule has 0 saturated carbocycles. The number of fused-ring (bicyclic) bond motifs is 1. The Kier molecular flexibility index (Phi) is 5.71. The average Bonchev–Trinajstić information content (AvgIpc) is 2.69. The molecule has 3 aromatic rings. The van der Waals surface area contributed by atoms with Crippen LogP contribution >= 0.6 is 11.6 Å². The smallest absolute Gasteiger partial charge is 0.161 e. The molecule has 2 aromatic carbocycles. The number of anilines is 2. The number of aliphatic hydroxyl groups excluding tert-OH is 1. The maximum absolute atomic E-state index is 12.7. The van der Waals surface area contributed by atoms with E-state index in [0.717, 1.165) is 35.3 Å². The van der Waals surface area contributed by atoms with Crippen LogP contribution in [0.1, 0.15) is 17.7 Å². The van der Waals surface area contributed by atoms with Gasteiger partial charge < -0.3 is 10.4 Å². The van der Waals surface area contributed by atoms with Crippen molar-refractivity contribution in [2.75, 3.05) is 17.7 Å². The van der Waals surface area contributed by atoms with E-state index < -0.39 is 10.8 Å². The first kappa shape index (κ1) is 19.1. The minimum atomic E-state index is -1.12. The fourth-order valence-corrected chi connectivity index (χ4v) is 4.76. The van der Waals surface area contributed by atoms with Crippen molar-refractivity contribution in [2.24, 2.45) is 0 Å². The number of halogens is 1. The molecule has 0 fully saturated rings. The molecule has 1 atom stereocenters. The Bertz CT molecular complexity index is 1020. The van der Waals surface area contributed by atoms with Gasteiger partial charge in [0.05, 0.1) is 16.5 Å². The summed E-state index contributed by atoms with van der Waals surface area (Å²) in [6, 6.07) is 15.2. The van der Waals surface area contributed by atoms with Gasteiger partial charge in [-0.2, -0.15) is 0 Å². The van der Waals surface area contributed by atoms with Gasteiger partial charge in [0.2, 0.25) is 0 Å². The van der Waals surface area contributed by atoms with Gasteiger partial charge in [-0.05, 0) is 49.1 Å². The third-order valence-electron chi connectivity index (χ3n) is 4.61. The van der Waals surface area contributed by atoms with E-state index in [2.05, 4.69) is 15.3 Å². The van der Waals surface area contributed by atoms with Crippen LogP contribution in [0.4, 0.5) is 11.5 Å². The van der Waals surface area contributed by atoms with Crippen LogP contribution in [0.5, 0.6) is 0 Å². The number of aliphatic hydroxyl groups is 1. The van der Waals surface area contributed by atoms with Crippen molar-refractivity contribution in [3.05, 3.63) is 64.8 Å². The number of nitrogens with one attached hydrogen (secondary N) is 1. The molecule has 0 bridgehead atoms. The number of aromatic nitrogens is 2. The lowest BCUT2D eigenvalue weighted by atomic mass is 10.1. The second-order valence-electron chi connectivity index (χ2n) is 6.63. The third kappa shape index (κ3) is 4.09. The van der Waals surface area contributed by atoms with Gasteiger partial charge in [0.15, 0.2) is 11.6 Å². The van der Waals surface area contributed by atoms with Crippen LogP contribution in [0.15, 0.2) is 53.4 Å². The molecular weight excluding hydrogens is 394 g/mol. The van der Waals surface area contributed by atoms with Gasteiger partial charge in [-0.3, -0.25) is 4.21 Å². The fraction of sp³-hybridized carbons (Fsp3) is 0.238. The highest BCUT2D eigenvalue weighted by atomic mass is 35.5. The monoisotopic (exact) mass is 413 g/mol. The van der Waals surface area contributed by atoms with E-state index >= 15 is 0 Å². The number of aryl methyl sites for hydroxylation is 1. The van der Waals surface area contributed by atoms with Gasteiger partial charge in [-0.15, -0.1) is 0 Å². The van der Waals surface area contributed by atoms with E-state index in [0.29, 0.717) is 33.7 Å². The Morgan fingerprint density at radius 3 is 2.71 bits per heavy atom. The fourth-order valence-electron chi connectivity index (χ4n) is 3.24. The quantitative estimate of drug-likeness (QED) is 0.657. The summed E-state index contributed by atoms with van der Waals surface area (Å²) >= 11 is 6.13. The van der Waals surface area contributed by atoms with Crippen molar-refractivity contribution in [2.45, 2.75) is 24.2 Å². The molecule has 1 aromatic heterocycles. The summed E-state index contributed by atoms with van der Waals surface area (Å²) in [6.45, 7) is 0.119. The molecular formula is C21H20ClN3O2S. The second kappa shape index (κ2) is 8.39. The van der Waals surface area contributed by atoms with E-state index in [1.807, 2.05) is 48.5 Å². The Hall–Kier alpha value is -2.28. The van der Waals surface area contributed by atoms with E-state index in [1.54, 1.807) is 0 Å². The highest BCUT2D eigenvalue weighted by Gasteiger charge is 2.24. The van der Waals surface area contributed by atoms with Crippen LogP contribution in [0.3, 0.4) is 0 Å². The summed E-state index contributed by atoms with van der Waals surface area (Å²) in [7, 11) is -1.12. The second-order valence-corrected chi connectivity index (χ2v) is 8.57. The SMILES string of the molecule is O=S1CCCc2nc(-c3cccc(Cl)c3)nc(Nc3ccc(CCO)cc3)c21. The first-order chi connectivity index (χ1) is 13.6. The molecule has 0 spiro atoms. The molecule has 1 unspecified atom stereocenters. The topological polar surface area (TPSA) is 75.1 Å². The van der Waals surface area contributed by atoms with Gasteiger partial charge in [0.25, 0.3) is 0 Å². The van der Waals surface area contributed by atoms with Crippen LogP contribution in [0.25, 0.3) is 11.4 Å². The Labute approximate surface area is 171 Å². The zero-order valence-electron chi connectivity index (χ0n) is 15.2. The molecule has 1 aliphatic heterocycles. The third-order valence-corrected chi connectivity index (χ3v) is 6.39. The zero-order valence-corrected chi connectivity index (χ0v) is 16.8. The molecule has 0 radical (unpaired) electrons. The highest BCUT2D eigenvalue weighted by Crippen LogP contribution is 2.32. The molecule has 4 rings (SSSR count). The van der Waals surface area contributed by atoms with Crippen molar-refractivity contribution in [1.29, 1.82) is 0 Å². The Balaban J connectivity index is 1.75. The molecule has 0 amide bonds. The maximum atomic E-state index is 12.7.